The van der Waals surface area contributed by atoms with Crippen LogP contribution < -0.4 is 5.32 Å². The molecular formula is C13H21NO6. The van der Waals surface area contributed by atoms with Crippen molar-refractivity contribution in [3.05, 3.63) is 0 Å². The van der Waals surface area contributed by atoms with E-state index in [0.717, 1.165) is 6.42 Å². The van der Waals surface area contributed by atoms with Crippen molar-refractivity contribution in [2.75, 3.05) is 13.2 Å². The average Bonchev–Trinajstić information content (AvgIpc) is 2.84. The Morgan fingerprint density at radius 1 is 1.35 bits per heavy atom. The van der Waals surface area contributed by atoms with Crippen molar-refractivity contribution in [3.8, 4) is 0 Å². The first kappa shape index (κ1) is 15.1. The number of hydrogen-bond donors (Lipinski definition) is 2. The fourth-order valence-corrected chi connectivity index (χ4v) is 2.63. The summed E-state index contributed by atoms with van der Waals surface area (Å²) >= 11 is 0. The van der Waals surface area contributed by atoms with Gasteiger partial charge in [0, 0.05) is 11.8 Å². The van der Waals surface area contributed by atoms with E-state index < -0.39 is 23.7 Å². The molecule has 0 aromatic rings. The summed E-state index contributed by atoms with van der Waals surface area (Å²) in [6.45, 7) is 6.00. The predicted molar refractivity (Wildman–Crippen MR) is 68.1 cm³/mol. The lowest BCUT2D eigenvalue weighted by Crippen LogP contribution is -2.49. The second-order valence-electron chi connectivity index (χ2n) is 6.15. The number of carbonyl (C=O) groups is 2. The van der Waals surface area contributed by atoms with Gasteiger partial charge in [0.1, 0.15) is 11.6 Å². The van der Waals surface area contributed by atoms with Crippen molar-refractivity contribution >= 4 is 12.1 Å². The highest BCUT2D eigenvalue weighted by atomic mass is 16.7. The molecule has 2 rings (SSSR count). The van der Waals surface area contributed by atoms with E-state index in [1.807, 2.05) is 0 Å². The minimum Gasteiger partial charge on any atom is -0.480 e. The molecule has 0 saturated carbocycles. The molecule has 2 aliphatic heterocycles. The molecule has 114 valence electrons. The maximum atomic E-state index is 11.8. The first-order valence-corrected chi connectivity index (χ1v) is 6.73. The van der Waals surface area contributed by atoms with E-state index >= 15 is 0 Å². The van der Waals surface area contributed by atoms with E-state index in [-0.39, 0.29) is 24.7 Å². The number of carbonyl (C=O) groups excluding carboxylic acids is 1. The molecule has 0 aromatic heterocycles. The van der Waals surface area contributed by atoms with Gasteiger partial charge < -0.3 is 24.6 Å². The van der Waals surface area contributed by atoms with E-state index in [4.69, 9.17) is 14.2 Å². The minimum absolute atomic E-state index is 0.00559. The fourth-order valence-electron chi connectivity index (χ4n) is 2.63. The molecule has 7 heteroatoms. The van der Waals surface area contributed by atoms with Crippen LogP contribution in [0.4, 0.5) is 4.79 Å². The summed E-state index contributed by atoms with van der Waals surface area (Å²) in [6, 6.07) is -1.03. The van der Waals surface area contributed by atoms with Crippen LogP contribution in [-0.2, 0) is 19.0 Å². The van der Waals surface area contributed by atoms with Crippen LogP contribution in [-0.4, -0.2) is 48.3 Å². The monoisotopic (exact) mass is 287 g/mol. The third-order valence-electron chi connectivity index (χ3n) is 3.45. The van der Waals surface area contributed by atoms with Gasteiger partial charge in [0.25, 0.3) is 0 Å². The van der Waals surface area contributed by atoms with Gasteiger partial charge in [-0.15, -0.1) is 0 Å². The molecule has 1 amide bonds. The number of ether oxygens (including phenoxy) is 3. The summed E-state index contributed by atoms with van der Waals surface area (Å²) in [5.74, 6) is -1.38. The Kier molecular flexibility index (Phi) is 4.19. The van der Waals surface area contributed by atoms with Gasteiger partial charge in [-0.25, -0.2) is 9.59 Å². The molecule has 0 radical (unpaired) electrons. The third-order valence-corrected chi connectivity index (χ3v) is 3.45. The van der Waals surface area contributed by atoms with Crippen LogP contribution in [0.15, 0.2) is 0 Å². The van der Waals surface area contributed by atoms with Gasteiger partial charge in [0.15, 0.2) is 6.29 Å². The number of hydrogen-bond acceptors (Lipinski definition) is 5. The molecule has 2 unspecified atom stereocenters. The fraction of sp³-hybridized carbons (Fsp3) is 0.846. The van der Waals surface area contributed by atoms with Gasteiger partial charge in [-0.2, -0.15) is 0 Å². The molecule has 20 heavy (non-hydrogen) atoms. The molecule has 2 saturated heterocycles. The summed E-state index contributed by atoms with van der Waals surface area (Å²) in [5, 5.41) is 11.8. The number of amides is 1. The van der Waals surface area contributed by atoms with Crippen LogP contribution in [0.3, 0.4) is 0 Å². The Morgan fingerprint density at radius 2 is 2.05 bits per heavy atom. The highest BCUT2D eigenvalue weighted by Gasteiger charge is 2.47. The lowest BCUT2D eigenvalue weighted by Gasteiger charge is -2.26. The van der Waals surface area contributed by atoms with Crippen LogP contribution in [0.25, 0.3) is 0 Å². The number of carboxylic acid groups (broad SMARTS) is 1. The Morgan fingerprint density at radius 3 is 2.65 bits per heavy atom. The van der Waals surface area contributed by atoms with Crippen LogP contribution in [0, 0.1) is 11.8 Å². The zero-order chi connectivity index (χ0) is 14.9. The number of alkyl carbamates (subject to hydrolysis) is 1. The summed E-state index contributed by atoms with van der Waals surface area (Å²) in [7, 11) is 0. The molecular weight excluding hydrogens is 266 g/mol. The van der Waals surface area contributed by atoms with Crippen LogP contribution >= 0.6 is 0 Å². The molecule has 2 fully saturated rings. The largest absolute Gasteiger partial charge is 0.480 e. The van der Waals surface area contributed by atoms with Crippen molar-refractivity contribution in [2.45, 2.75) is 45.1 Å². The van der Waals surface area contributed by atoms with Crippen LogP contribution in [0.5, 0.6) is 0 Å². The maximum absolute atomic E-state index is 11.8. The normalized spacial score (nSPS) is 30.6. The SMILES string of the molecule is CC(C)(C)OC(=O)N[C@H](C(=O)O)[C@@H]1COC2OCCC21. The molecule has 2 N–H and O–H groups in total. The molecule has 0 aromatic carbocycles. The quantitative estimate of drug-likeness (QED) is 0.803. The lowest BCUT2D eigenvalue weighted by molar-refractivity contribution is -0.141. The van der Waals surface area contributed by atoms with Crippen molar-refractivity contribution in [3.63, 3.8) is 0 Å². The summed E-state index contributed by atoms with van der Waals surface area (Å²) in [4.78, 5) is 23.2. The van der Waals surface area contributed by atoms with Gasteiger partial charge >= 0.3 is 12.1 Å². The van der Waals surface area contributed by atoms with Gasteiger partial charge in [0.05, 0.1) is 13.2 Å². The standard InChI is InChI=1S/C13H21NO6/c1-13(2,3)20-12(17)14-9(10(15)16)8-6-19-11-7(8)4-5-18-11/h7-9,11H,4-6H2,1-3H3,(H,14,17)(H,15,16)/t7?,8-,9+,11?/m1/s1. The zero-order valence-corrected chi connectivity index (χ0v) is 11.9. The Labute approximate surface area is 117 Å². The smallest absolute Gasteiger partial charge is 0.408 e. The highest BCUT2D eigenvalue weighted by Crippen LogP contribution is 2.37. The molecule has 2 heterocycles. The maximum Gasteiger partial charge on any atom is 0.408 e. The topological polar surface area (TPSA) is 94.1 Å². The van der Waals surface area contributed by atoms with Crippen molar-refractivity contribution < 1.29 is 28.9 Å². The van der Waals surface area contributed by atoms with Crippen molar-refractivity contribution in [1.29, 1.82) is 0 Å². The summed E-state index contributed by atoms with van der Waals surface area (Å²) in [6.07, 6.45) is -0.329. The Balaban J connectivity index is 2.01. The van der Waals surface area contributed by atoms with E-state index in [9.17, 15) is 14.7 Å². The highest BCUT2D eigenvalue weighted by molar-refractivity contribution is 5.80. The second-order valence-corrected chi connectivity index (χ2v) is 6.15. The van der Waals surface area contributed by atoms with Gasteiger partial charge in [-0.05, 0) is 27.2 Å². The first-order valence-electron chi connectivity index (χ1n) is 6.73. The van der Waals surface area contributed by atoms with E-state index in [1.54, 1.807) is 20.8 Å². The third kappa shape index (κ3) is 3.40. The average molecular weight is 287 g/mol. The summed E-state index contributed by atoms with van der Waals surface area (Å²) in [5.41, 5.74) is -0.668. The number of carboxylic acids is 1. The number of aliphatic carboxylic acids is 1. The van der Waals surface area contributed by atoms with Crippen LogP contribution in [0.2, 0.25) is 0 Å². The van der Waals surface area contributed by atoms with E-state index in [0.29, 0.717) is 6.61 Å². The minimum atomic E-state index is -1.09. The zero-order valence-electron chi connectivity index (χ0n) is 11.9. The van der Waals surface area contributed by atoms with Crippen molar-refractivity contribution in [1.82, 2.24) is 5.32 Å². The molecule has 2 aliphatic rings. The predicted octanol–water partition coefficient (Wildman–Crippen LogP) is 0.973. The van der Waals surface area contributed by atoms with Crippen molar-refractivity contribution in [2.24, 2.45) is 11.8 Å². The number of rotatable bonds is 3. The second kappa shape index (κ2) is 5.57. The molecule has 7 nitrogen and oxygen atoms in total. The van der Waals surface area contributed by atoms with Crippen LogP contribution in [0.1, 0.15) is 27.2 Å². The first-order chi connectivity index (χ1) is 9.28. The Hall–Kier alpha value is -1.34. The molecule has 0 aliphatic carbocycles. The van der Waals surface area contributed by atoms with E-state index in [1.165, 1.54) is 0 Å². The number of fused-ring (bicyclic) bond motifs is 1. The van der Waals surface area contributed by atoms with Gasteiger partial charge in [-0.1, -0.05) is 0 Å². The summed E-state index contributed by atoms with van der Waals surface area (Å²) < 4.78 is 15.9. The number of nitrogens with one attached hydrogen (secondary N) is 1. The van der Waals surface area contributed by atoms with Gasteiger partial charge in [-0.3, -0.25) is 0 Å². The lowest BCUT2D eigenvalue weighted by atomic mass is 9.87. The van der Waals surface area contributed by atoms with Gasteiger partial charge in [0.2, 0.25) is 0 Å². The Bertz CT molecular complexity index is 391. The molecule has 0 spiro atoms. The molecule has 0 bridgehead atoms. The molecule has 4 atom stereocenters. The van der Waals surface area contributed by atoms with E-state index in [2.05, 4.69) is 5.32 Å².